The summed E-state index contributed by atoms with van der Waals surface area (Å²) < 4.78 is 1.55. The van der Waals surface area contributed by atoms with Crippen LogP contribution in [0, 0.1) is 12.8 Å². The molecule has 27 heavy (non-hydrogen) atoms. The minimum Gasteiger partial charge on any atom is -0.347 e. The molecule has 7 nitrogen and oxygen atoms in total. The second-order valence-electron chi connectivity index (χ2n) is 7.63. The zero-order valence-corrected chi connectivity index (χ0v) is 15.8. The number of carbonyl (C=O) groups excluding carboxylic acids is 1. The van der Waals surface area contributed by atoms with Gasteiger partial charge in [-0.25, -0.2) is 0 Å². The molecule has 7 heteroatoms. The van der Waals surface area contributed by atoms with Gasteiger partial charge in [0.25, 0.3) is 11.5 Å². The lowest BCUT2D eigenvalue weighted by molar-refractivity contribution is 0.0901. The molecule has 1 saturated carbocycles. The average Bonchev–Trinajstić information content (AvgIpc) is 3.09. The molecular weight excluding hydrogens is 342 g/mol. The summed E-state index contributed by atoms with van der Waals surface area (Å²) in [4.78, 5) is 27.4. The standard InChI is InChI=1S/C20H25N5O2/c1-13-7-9-15(10-8-13)24-11-12-25-19(27)17(22-23-20(24)25)18(26)21-16-6-4-3-5-14(16)2/h7-10,14,16H,3-6,11-12H2,1-2H3,(H,21,26)/t14-,16-/m0/s1. The van der Waals surface area contributed by atoms with Crippen LogP contribution in [0.2, 0.25) is 0 Å². The van der Waals surface area contributed by atoms with Gasteiger partial charge in [-0.3, -0.25) is 14.2 Å². The topological polar surface area (TPSA) is 80.1 Å². The van der Waals surface area contributed by atoms with E-state index in [0.29, 0.717) is 25.0 Å². The van der Waals surface area contributed by atoms with Crippen LogP contribution in [0.15, 0.2) is 29.1 Å². The number of hydrogen-bond donors (Lipinski definition) is 1. The van der Waals surface area contributed by atoms with Gasteiger partial charge < -0.3 is 10.2 Å². The van der Waals surface area contributed by atoms with Crippen molar-refractivity contribution in [2.75, 3.05) is 11.4 Å². The monoisotopic (exact) mass is 367 g/mol. The molecule has 4 rings (SSSR count). The van der Waals surface area contributed by atoms with Gasteiger partial charge in [-0.2, -0.15) is 0 Å². The Morgan fingerprint density at radius 2 is 1.85 bits per heavy atom. The quantitative estimate of drug-likeness (QED) is 0.901. The SMILES string of the molecule is Cc1ccc(N2CCn3c2nnc(C(=O)N[C@H]2CCCC[C@@H]2C)c3=O)cc1. The van der Waals surface area contributed by atoms with Crippen molar-refractivity contribution in [1.82, 2.24) is 20.1 Å². The van der Waals surface area contributed by atoms with E-state index in [4.69, 9.17) is 0 Å². The van der Waals surface area contributed by atoms with E-state index in [1.807, 2.05) is 36.1 Å². The second-order valence-corrected chi connectivity index (χ2v) is 7.63. The summed E-state index contributed by atoms with van der Waals surface area (Å²) in [5.41, 5.74) is 1.66. The highest BCUT2D eigenvalue weighted by Crippen LogP contribution is 2.27. The van der Waals surface area contributed by atoms with Crippen LogP contribution in [0.1, 0.15) is 48.7 Å². The molecule has 1 amide bonds. The van der Waals surface area contributed by atoms with Crippen molar-refractivity contribution in [3.63, 3.8) is 0 Å². The predicted octanol–water partition coefficient (Wildman–Crippen LogP) is 2.41. The number of aryl methyl sites for hydroxylation is 1. The molecule has 1 aromatic carbocycles. The fourth-order valence-corrected chi connectivity index (χ4v) is 3.99. The van der Waals surface area contributed by atoms with Gasteiger partial charge in [0.15, 0.2) is 0 Å². The lowest BCUT2D eigenvalue weighted by atomic mass is 9.86. The summed E-state index contributed by atoms with van der Waals surface area (Å²) in [6, 6.07) is 8.16. The van der Waals surface area contributed by atoms with Gasteiger partial charge in [-0.15, -0.1) is 10.2 Å². The molecule has 0 spiro atoms. The summed E-state index contributed by atoms with van der Waals surface area (Å²) in [5, 5.41) is 11.2. The number of aromatic nitrogens is 3. The van der Waals surface area contributed by atoms with E-state index in [1.54, 1.807) is 4.57 Å². The van der Waals surface area contributed by atoms with Gasteiger partial charge >= 0.3 is 0 Å². The fraction of sp³-hybridized carbons (Fsp3) is 0.500. The van der Waals surface area contributed by atoms with Crippen molar-refractivity contribution in [1.29, 1.82) is 0 Å². The van der Waals surface area contributed by atoms with Crippen LogP contribution >= 0.6 is 0 Å². The van der Waals surface area contributed by atoms with E-state index >= 15 is 0 Å². The smallest absolute Gasteiger partial charge is 0.286 e. The van der Waals surface area contributed by atoms with Crippen LogP contribution in [0.25, 0.3) is 0 Å². The molecule has 2 atom stereocenters. The first-order valence-electron chi connectivity index (χ1n) is 9.67. The Hall–Kier alpha value is -2.70. The van der Waals surface area contributed by atoms with Gasteiger partial charge in [0.05, 0.1) is 0 Å². The number of amides is 1. The third kappa shape index (κ3) is 3.34. The number of anilines is 2. The van der Waals surface area contributed by atoms with Crippen LogP contribution in [0.5, 0.6) is 0 Å². The first-order chi connectivity index (χ1) is 13.0. The van der Waals surface area contributed by atoms with Gasteiger partial charge in [0.1, 0.15) is 0 Å². The maximum absolute atomic E-state index is 12.8. The minimum absolute atomic E-state index is 0.106. The predicted molar refractivity (Wildman–Crippen MR) is 103 cm³/mol. The second kappa shape index (κ2) is 7.13. The van der Waals surface area contributed by atoms with E-state index in [0.717, 1.165) is 24.9 Å². The third-order valence-electron chi connectivity index (χ3n) is 5.71. The van der Waals surface area contributed by atoms with E-state index in [-0.39, 0.29) is 17.3 Å². The highest BCUT2D eigenvalue weighted by atomic mass is 16.2. The highest BCUT2D eigenvalue weighted by Gasteiger charge is 2.29. The normalized spacial score (nSPS) is 21.8. The molecule has 1 aliphatic heterocycles. The Morgan fingerprint density at radius 1 is 1.11 bits per heavy atom. The van der Waals surface area contributed by atoms with Crippen molar-refractivity contribution in [3.8, 4) is 0 Å². The number of hydrogen-bond acceptors (Lipinski definition) is 5. The van der Waals surface area contributed by atoms with Crippen LogP contribution < -0.4 is 15.8 Å². The Morgan fingerprint density at radius 3 is 2.59 bits per heavy atom. The largest absolute Gasteiger partial charge is 0.347 e. The van der Waals surface area contributed by atoms with Gasteiger partial charge in [-0.05, 0) is 37.8 Å². The summed E-state index contributed by atoms with van der Waals surface area (Å²) in [6.45, 7) is 5.31. The molecule has 0 unspecified atom stereocenters. The Bertz CT molecular complexity index is 906. The van der Waals surface area contributed by atoms with Crippen LogP contribution in [0.3, 0.4) is 0 Å². The number of rotatable bonds is 3. The maximum Gasteiger partial charge on any atom is 0.286 e. The van der Waals surface area contributed by atoms with Gasteiger partial charge in [0.2, 0.25) is 11.6 Å². The van der Waals surface area contributed by atoms with Crippen molar-refractivity contribution < 1.29 is 4.79 Å². The van der Waals surface area contributed by atoms with Gasteiger partial charge in [-0.1, -0.05) is 37.5 Å². The zero-order chi connectivity index (χ0) is 19.0. The average molecular weight is 367 g/mol. The molecule has 2 aromatic rings. The molecular formula is C20H25N5O2. The van der Waals surface area contributed by atoms with E-state index in [1.165, 1.54) is 12.0 Å². The Balaban J connectivity index is 1.58. The molecule has 0 saturated heterocycles. The minimum atomic E-state index is -0.407. The molecule has 0 radical (unpaired) electrons. The summed E-state index contributed by atoms with van der Waals surface area (Å²) in [5.74, 6) is 0.506. The summed E-state index contributed by atoms with van der Waals surface area (Å²) in [6.07, 6.45) is 4.36. The Labute approximate surface area is 158 Å². The van der Waals surface area contributed by atoms with Gasteiger partial charge in [0, 0.05) is 24.8 Å². The molecule has 0 bridgehead atoms. The van der Waals surface area contributed by atoms with Crippen LogP contribution in [-0.4, -0.2) is 33.3 Å². The van der Waals surface area contributed by atoms with Crippen molar-refractivity contribution in [3.05, 3.63) is 45.9 Å². The number of benzene rings is 1. The first kappa shape index (κ1) is 17.7. The van der Waals surface area contributed by atoms with Crippen molar-refractivity contribution in [2.45, 2.75) is 52.1 Å². The number of carbonyl (C=O) groups is 1. The molecule has 142 valence electrons. The summed E-state index contributed by atoms with van der Waals surface area (Å²) >= 11 is 0. The van der Waals surface area contributed by atoms with Crippen molar-refractivity contribution in [2.24, 2.45) is 5.92 Å². The summed E-state index contributed by atoms with van der Waals surface area (Å²) in [7, 11) is 0. The molecule has 2 heterocycles. The molecule has 1 aromatic heterocycles. The molecule has 1 aliphatic carbocycles. The number of nitrogens with zero attached hydrogens (tertiary/aromatic N) is 4. The zero-order valence-electron chi connectivity index (χ0n) is 15.8. The lowest BCUT2D eigenvalue weighted by Crippen LogP contribution is -2.44. The van der Waals surface area contributed by atoms with E-state index in [2.05, 4.69) is 22.4 Å². The van der Waals surface area contributed by atoms with Crippen molar-refractivity contribution >= 4 is 17.5 Å². The first-order valence-corrected chi connectivity index (χ1v) is 9.67. The molecule has 1 fully saturated rings. The van der Waals surface area contributed by atoms with Crippen LogP contribution in [-0.2, 0) is 6.54 Å². The number of nitrogens with one attached hydrogen (secondary N) is 1. The highest BCUT2D eigenvalue weighted by molar-refractivity contribution is 5.92. The van der Waals surface area contributed by atoms with E-state index in [9.17, 15) is 9.59 Å². The lowest BCUT2D eigenvalue weighted by Gasteiger charge is -2.29. The number of fused-ring (bicyclic) bond motifs is 1. The maximum atomic E-state index is 12.8. The Kier molecular flexibility index (Phi) is 4.68. The third-order valence-corrected chi connectivity index (χ3v) is 5.71. The molecule has 1 N–H and O–H groups in total. The fourth-order valence-electron chi connectivity index (χ4n) is 3.99. The van der Waals surface area contributed by atoms with E-state index < -0.39 is 5.91 Å². The van der Waals surface area contributed by atoms with Crippen LogP contribution in [0.4, 0.5) is 11.6 Å². The molecule has 2 aliphatic rings.